The summed E-state index contributed by atoms with van der Waals surface area (Å²) in [6, 6.07) is 22.3. The van der Waals surface area contributed by atoms with Crippen LogP contribution >= 0.6 is 0 Å². The van der Waals surface area contributed by atoms with Gasteiger partial charge in [-0.3, -0.25) is 9.59 Å². The summed E-state index contributed by atoms with van der Waals surface area (Å²) in [5, 5.41) is 0. The van der Waals surface area contributed by atoms with Crippen molar-refractivity contribution >= 4 is 17.8 Å². The Morgan fingerprint density at radius 3 is 2.09 bits per heavy atom. The van der Waals surface area contributed by atoms with E-state index in [2.05, 4.69) is 0 Å². The number of rotatable bonds is 14. The molecule has 44 heavy (non-hydrogen) atoms. The zero-order valence-corrected chi connectivity index (χ0v) is 25.2. The lowest BCUT2D eigenvalue weighted by Crippen LogP contribution is -2.40. The van der Waals surface area contributed by atoms with E-state index in [1.54, 1.807) is 17.0 Å². The average Bonchev–Trinajstić information content (AvgIpc) is 3.08. The fourth-order valence-electron chi connectivity index (χ4n) is 4.88. The van der Waals surface area contributed by atoms with Gasteiger partial charge in [-0.05, 0) is 85.9 Å². The van der Waals surface area contributed by atoms with Crippen LogP contribution in [0.2, 0.25) is 0 Å². The van der Waals surface area contributed by atoms with Gasteiger partial charge in [-0.2, -0.15) is 0 Å². The van der Waals surface area contributed by atoms with Crippen molar-refractivity contribution in [1.29, 1.82) is 0 Å². The van der Waals surface area contributed by atoms with Crippen LogP contribution in [-0.2, 0) is 20.7 Å². The number of nitrogens with zero attached hydrogens (tertiary/aromatic N) is 1. The number of esters is 2. The van der Waals surface area contributed by atoms with Gasteiger partial charge in [0.1, 0.15) is 30.5 Å². The summed E-state index contributed by atoms with van der Waals surface area (Å²) < 4.78 is 27.1. The van der Waals surface area contributed by atoms with Crippen molar-refractivity contribution in [2.45, 2.75) is 25.7 Å². The minimum absolute atomic E-state index is 0.219. The lowest BCUT2D eigenvalue weighted by Gasteiger charge is -2.31. The van der Waals surface area contributed by atoms with Crippen LogP contribution < -0.4 is 14.2 Å². The monoisotopic (exact) mass is 601 g/mol. The van der Waals surface area contributed by atoms with Crippen molar-refractivity contribution in [3.63, 3.8) is 0 Å². The van der Waals surface area contributed by atoms with Gasteiger partial charge in [-0.15, -0.1) is 0 Å². The molecule has 1 fully saturated rings. The third-order valence-electron chi connectivity index (χ3n) is 7.34. The van der Waals surface area contributed by atoms with E-state index in [0.29, 0.717) is 57.1 Å². The van der Waals surface area contributed by atoms with E-state index in [9.17, 15) is 14.4 Å². The number of likely N-dealkylation sites (tertiary alicyclic amines) is 1. The second-order valence-corrected chi connectivity index (χ2v) is 10.3. The molecule has 0 atom stereocenters. The minimum atomic E-state index is -0.532. The summed E-state index contributed by atoms with van der Waals surface area (Å²) >= 11 is 0. The number of benzene rings is 3. The van der Waals surface area contributed by atoms with Crippen molar-refractivity contribution < 1.29 is 38.1 Å². The Labute approximate surface area is 258 Å². The molecule has 3 aromatic carbocycles. The van der Waals surface area contributed by atoms with Gasteiger partial charge < -0.3 is 28.6 Å². The van der Waals surface area contributed by atoms with Crippen LogP contribution in [0.25, 0.3) is 0 Å². The lowest BCUT2D eigenvalue weighted by molar-refractivity contribution is -0.146. The first-order valence-corrected chi connectivity index (χ1v) is 14.8. The quantitative estimate of drug-likeness (QED) is 0.135. The molecule has 0 spiro atoms. The predicted molar refractivity (Wildman–Crippen MR) is 165 cm³/mol. The van der Waals surface area contributed by atoms with Gasteiger partial charge in [0.05, 0.1) is 37.9 Å². The second-order valence-electron chi connectivity index (χ2n) is 10.3. The fourth-order valence-corrected chi connectivity index (χ4v) is 4.88. The number of carbonyl (C=O) groups excluding carboxylic acids is 3. The molecule has 0 aliphatic carbocycles. The molecule has 232 valence electrons. The minimum Gasteiger partial charge on any atom is -0.493 e. The molecule has 0 N–H and O–H groups in total. The van der Waals surface area contributed by atoms with E-state index >= 15 is 0 Å². The van der Waals surface area contributed by atoms with E-state index in [4.69, 9.17) is 23.7 Å². The number of methoxy groups -OCH3 is 2. The highest BCUT2D eigenvalue weighted by Crippen LogP contribution is 2.26. The number of aryl methyl sites for hydroxylation is 1. The predicted octanol–water partition coefficient (Wildman–Crippen LogP) is 5.52. The van der Waals surface area contributed by atoms with Crippen LogP contribution in [0.3, 0.4) is 0 Å². The van der Waals surface area contributed by atoms with Crippen LogP contribution in [0.5, 0.6) is 17.2 Å². The fraction of sp³-hybridized carbons (Fsp3) is 0.343. The van der Waals surface area contributed by atoms with Crippen molar-refractivity contribution in [1.82, 2.24) is 4.90 Å². The van der Waals surface area contributed by atoms with Gasteiger partial charge in [0, 0.05) is 13.1 Å². The maximum atomic E-state index is 13.5. The molecule has 0 saturated carbocycles. The number of amides is 1. The number of para-hydroxylation sites is 1. The average molecular weight is 602 g/mol. The number of piperidine rings is 1. The first-order valence-electron chi connectivity index (χ1n) is 14.8. The summed E-state index contributed by atoms with van der Waals surface area (Å²) in [6.45, 7) is 2.15. The van der Waals surface area contributed by atoms with Crippen molar-refractivity contribution in [3.8, 4) is 17.2 Å². The topological polar surface area (TPSA) is 101 Å². The molecule has 1 saturated heterocycles. The smallest absolute Gasteiger partial charge is 0.337 e. The van der Waals surface area contributed by atoms with Gasteiger partial charge in [0.15, 0.2) is 0 Å². The molecule has 0 radical (unpaired) electrons. The first-order chi connectivity index (χ1) is 21.5. The zero-order valence-electron chi connectivity index (χ0n) is 25.2. The molecular weight excluding hydrogens is 562 g/mol. The normalized spacial score (nSPS) is 13.4. The Balaban J connectivity index is 1.24. The third kappa shape index (κ3) is 9.36. The molecule has 0 unspecified atom stereocenters. The van der Waals surface area contributed by atoms with E-state index in [1.807, 2.05) is 66.7 Å². The van der Waals surface area contributed by atoms with Crippen molar-refractivity contribution in [2.24, 2.45) is 5.92 Å². The maximum absolute atomic E-state index is 13.5. The largest absolute Gasteiger partial charge is 0.493 e. The number of hydrogen-bond donors (Lipinski definition) is 0. The van der Waals surface area contributed by atoms with Gasteiger partial charge in [0.2, 0.25) is 0 Å². The highest BCUT2D eigenvalue weighted by atomic mass is 16.5. The summed E-state index contributed by atoms with van der Waals surface area (Å²) in [5.41, 5.74) is 1.70. The summed E-state index contributed by atoms with van der Waals surface area (Å²) in [4.78, 5) is 39.2. The maximum Gasteiger partial charge on any atom is 0.337 e. The van der Waals surface area contributed by atoms with Gasteiger partial charge in [-0.1, -0.05) is 30.3 Å². The lowest BCUT2D eigenvalue weighted by atomic mass is 9.96. The first kappa shape index (κ1) is 32.1. The molecule has 9 heteroatoms. The molecule has 4 rings (SSSR count). The summed E-state index contributed by atoms with van der Waals surface area (Å²) in [6.07, 6.45) is 6.40. The number of ether oxygens (including phenoxy) is 5. The summed E-state index contributed by atoms with van der Waals surface area (Å²) in [5.74, 6) is 0.765. The molecule has 1 aliphatic rings. The molecule has 3 aromatic rings. The highest BCUT2D eigenvalue weighted by Gasteiger charge is 2.30. The second kappa shape index (κ2) is 16.7. The Morgan fingerprint density at radius 1 is 0.795 bits per heavy atom. The number of carbonyl (C=O) groups is 3. The van der Waals surface area contributed by atoms with Crippen LogP contribution in [0, 0.1) is 5.92 Å². The molecule has 1 aliphatic heterocycles. The Morgan fingerprint density at radius 2 is 1.45 bits per heavy atom. The molecule has 9 nitrogen and oxygen atoms in total. The standard InChI is InChI=1S/C35H39NO8/c1-40-34(38)27-18-20-36(21-19-27)33(37)31-25-28(35(39)41-2)14-17-32(31)44-24-8-9-26-12-15-30(16-13-26)43-23-7-6-22-42-29-10-4-3-5-11-29/h3-7,10-17,25,27H,8-9,18-24H2,1-2H3. The van der Waals surface area contributed by atoms with Crippen LogP contribution in [0.1, 0.15) is 45.5 Å². The highest BCUT2D eigenvalue weighted by molar-refractivity contribution is 6.00. The Kier molecular flexibility index (Phi) is 12.2. The molecule has 0 aromatic heterocycles. The zero-order chi connectivity index (χ0) is 31.1. The van der Waals surface area contributed by atoms with E-state index in [0.717, 1.165) is 29.9 Å². The van der Waals surface area contributed by atoms with Crippen molar-refractivity contribution in [2.75, 3.05) is 47.1 Å². The molecule has 1 amide bonds. The SMILES string of the molecule is COC(=O)c1ccc(OCCCc2ccc(OCC=CCOc3ccccc3)cc2)c(C(=O)N2CCC(C(=O)OC)CC2)c1. The van der Waals surface area contributed by atoms with Crippen molar-refractivity contribution in [3.05, 3.63) is 102 Å². The number of hydrogen-bond acceptors (Lipinski definition) is 8. The van der Waals surface area contributed by atoms with Gasteiger partial charge >= 0.3 is 11.9 Å². The third-order valence-corrected chi connectivity index (χ3v) is 7.34. The van der Waals surface area contributed by atoms with E-state index in [1.165, 1.54) is 20.3 Å². The Bertz CT molecular complexity index is 1400. The van der Waals surface area contributed by atoms with Gasteiger partial charge in [0.25, 0.3) is 5.91 Å². The molecule has 0 bridgehead atoms. The molecular formula is C35H39NO8. The molecule has 1 heterocycles. The summed E-state index contributed by atoms with van der Waals surface area (Å²) in [7, 11) is 2.67. The van der Waals surface area contributed by atoms with E-state index in [-0.39, 0.29) is 23.4 Å². The van der Waals surface area contributed by atoms with Crippen LogP contribution in [-0.4, -0.2) is 69.9 Å². The van der Waals surface area contributed by atoms with Crippen LogP contribution in [0.15, 0.2) is 84.9 Å². The van der Waals surface area contributed by atoms with Gasteiger partial charge in [-0.25, -0.2) is 4.79 Å². The van der Waals surface area contributed by atoms with Crippen LogP contribution in [0.4, 0.5) is 0 Å². The van der Waals surface area contributed by atoms with E-state index < -0.39 is 5.97 Å². The Hall–Kier alpha value is -4.79.